The fourth-order valence-electron chi connectivity index (χ4n) is 0.918. The van der Waals surface area contributed by atoms with E-state index in [9.17, 15) is 0 Å². The number of aromatic amines is 2. The second-order valence-electron chi connectivity index (χ2n) is 2.26. The molecule has 0 unspecified atom stereocenters. The van der Waals surface area contributed by atoms with E-state index in [2.05, 4.69) is 19.9 Å². The molecule has 0 amide bonds. The van der Waals surface area contributed by atoms with E-state index in [-0.39, 0.29) is 0 Å². The Labute approximate surface area is 67.7 Å². The molecular weight excluding hydrogens is 160 g/mol. The molecule has 2 aromatic heterocycles. The molecule has 56 valence electrons. The normalized spacial score (nSPS) is 10.6. The summed E-state index contributed by atoms with van der Waals surface area (Å²) in [6, 6.07) is 0. The second-order valence-corrected chi connectivity index (χ2v) is 2.67. The van der Waals surface area contributed by atoms with E-state index in [0.29, 0.717) is 4.77 Å². The van der Waals surface area contributed by atoms with Gasteiger partial charge in [-0.05, 0) is 19.1 Å². The lowest BCUT2D eigenvalue weighted by Crippen LogP contribution is -1.85. The lowest BCUT2D eigenvalue weighted by molar-refractivity contribution is 1.08. The summed E-state index contributed by atoms with van der Waals surface area (Å²) in [6.45, 7) is 1.84. The Balaban J connectivity index is 2.92. The third kappa shape index (κ3) is 1.03. The number of fused-ring (bicyclic) bond motifs is 1. The first kappa shape index (κ1) is 6.48. The van der Waals surface area contributed by atoms with Gasteiger partial charge >= 0.3 is 0 Å². The van der Waals surface area contributed by atoms with Crippen molar-refractivity contribution in [2.24, 2.45) is 0 Å². The maximum atomic E-state index is 4.88. The highest BCUT2D eigenvalue weighted by atomic mass is 32.1. The van der Waals surface area contributed by atoms with Gasteiger partial charge in [-0.2, -0.15) is 0 Å². The lowest BCUT2D eigenvalue weighted by Gasteiger charge is -1.88. The average molecular weight is 166 g/mol. The highest BCUT2D eigenvalue weighted by Crippen LogP contribution is 2.03. The maximum Gasteiger partial charge on any atom is 0.176 e. The Hall–Kier alpha value is -1.23. The van der Waals surface area contributed by atoms with Crippen LogP contribution in [-0.4, -0.2) is 19.9 Å². The smallest absolute Gasteiger partial charge is 0.176 e. The minimum atomic E-state index is 0.583. The summed E-state index contributed by atoms with van der Waals surface area (Å²) in [5.74, 6) is 0.739. The molecule has 2 heterocycles. The van der Waals surface area contributed by atoms with Crippen LogP contribution in [0.2, 0.25) is 0 Å². The van der Waals surface area contributed by atoms with Crippen molar-refractivity contribution in [3.05, 3.63) is 16.8 Å². The molecule has 0 fully saturated rings. The predicted molar refractivity (Wildman–Crippen MR) is 43.8 cm³/mol. The fraction of sp³-hybridized carbons (Fsp3) is 0.167. The summed E-state index contributed by atoms with van der Waals surface area (Å²) in [5, 5.41) is 0. The zero-order chi connectivity index (χ0) is 7.84. The molecule has 0 saturated carbocycles. The minimum Gasteiger partial charge on any atom is -0.328 e. The summed E-state index contributed by atoms with van der Waals surface area (Å²) in [7, 11) is 0. The van der Waals surface area contributed by atoms with Gasteiger partial charge in [0.2, 0.25) is 0 Å². The van der Waals surface area contributed by atoms with Crippen LogP contribution < -0.4 is 0 Å². The number of nitrogens with one attached hydrogen (secondary N) is 2. The Morgan fingerprint density at radius 1 is 1.45 bits per heavy atom. The van der Waals surface area contributed by atoms with Crippen molar-refractivity contribution < 1.29 is 0 Å². The zero-order valence-corrected chi connectivity index (χ0v) is 6.70. The van der Waals surface area contributed by atoms with Crippen molar-refractivity contribution >= 4 is 23.4 Å². The molecule has 0 spiro atoms. The van der Waals surface area contributed by atoms with Crippen LogP contribution in [0.3, 0.4) is 0 Å². The van der Waals surface area contributed by atoms with Gasteiger partial charge in [0.15, 0.2) is 10.4 Å². The molecule has 2 aromatic rings. The lowest BCUT2D eigenvalue weighted by atomic mass is 10.5. The molecule has 0 aliphatic rings. The summed E-state index contributed by atoms with van der Waals surface area (Å²) in [5.41, 5.74) is 1.61. The average Bonchev–Trinajstić information content (AvgIpc) is 2.27. The molecule has 0 bridgehead atoms. The minimum absolute atomic E-state index is 0.583. The van der Waals surface area contributed by atoms with Gasteiger partial charge in [-0.1, -0.05) is 0 Å². The number of aryl methyl sites for hydroxylation is 1. The van der Waals surface area contributed by atoms with E-state index in [0.717, 1.165) is 17.0 Å². The van der Waals surface area contributed by atoms with Gasteiger partial charge in [-0.25, -0.2) is 9.97 Å². The number of H-pyrrole nitrogens is 2. The van der Waals surface area contributed by atoms with Crippen LogP contribution in [0.4, 0.5) is 0 Å². The molecule has 0 atom stereocenters. The van der Waals surface area contributed by atoms with E-state index in [1.54, 1.807) is 6.20 Å². The Morgan fingerprint density at radius 3 is 3.09 bits per heavy atom. The molecular formula is C6H6N4S. The first-order valence-electron chi connectivity index (χ1n) is 3.17. The number of hydrogen-bond donors (Lipinski definition) is 2. The molecule has 0 saturated heterocycles. The van der Waals surface area contributed by atoms with Gasteiger partial charge in [0, 0.05) is 0 Å². The topological polar surface area (TPSA) is 57.4 Å². The highest BCUT2D eigenvalue weighted by molar-refractivity contribution is 7.71. The molecule has 11 heavy (non-hydrogen) atoms. The van der Waals surface area contributed by atoms with E-state index in [1.807, 2.05) is 6.92 Å². The van der Waals surface area contributed by atoms with Crippen LogP contribution in [-0.2, 0) is 0 Å². The Kier molecular flexibility index (Phi) is 1.25. The van der Waals surface area contributed by atoms with Gasteiger partial charge in [0.25, 0.3) is 0 Å². The Morgan fingerprint density at radius 2 is 2.27 bits per heavy atom. The van der Waals surface area contributed by atoms with Crippen molar-refractivity contribution in [1.29, 1.82) is 0 Å². The van der Waals surface area contributed by atoms with E-state index < -0.39 is 0 Å². The Bertz CT molecular complexity index is 441. The number of hydrogen-bond acceptors (Lipinski definition) is 3. The molecule has 0 radical (unpaired) electrons. The van der Waals surface area contributed by atoms with Crippen LogP contribution in [0.25, 0.3) is 11.2 Å². The van der Waals surface area contributed by atoms with Crippen molar-refractivity contribution in [2.45, 2.75) is 6.92 Å². The summed E-state index contributed by atoms with van der Waals surface area (Å²) < 4.78 is 0.583. The van der Waals surface area contributed by atoms with Gasteiger partial charge < -0.3 is 9.97 Å². The fourth-order valence-corrected chi connectivity index (χ4v) is 1.12. The van der Waals surface area contributed by atoms with Crippen LogP contribution in [0.1, 0.15) is 5.82 Å². The number of aromatic nitrogens is 4. The van der Waals surface area contributed by atoms with Gasteiger partial charge in [0.1, 0.15) is 11.3 Å². The van der Waals surface area contributed by atoms with Crippen molar-refractivity contribution in [3.8, 4) is 0 Å². The summed E-state index contributed by atoms with van der Waals surface area (Å²) in [6.07, 6.45) is 1.71. The third-order valence-electron chi connectivity index (χ3n) is 1.39. The first-order chi connectivity index (χ1) is 5.25. The molecule has 2 rings (SSSR count). The van der Waals surface area contributed by atoms with Crippen molar-refractivity contribution in [3.63, 3.8) is 0 Å². The van der Waals surface area contributed by atoms with Gasteiger partial charge in [-0.3, -0.25) is 0 Å². The van der Waals surface area contributed by atoms with Gasteiger partial charge in [-0.15, -0.1) is 0 Å². The van der Waals surface area contributed by atoms with Crippen LogP contribution in [0.15, 0.2) is 6.20 Å². The van der Waals surface area contributed by atoms with Gasteiger partial charge in [0.05, 0.1) is 6.20 Å². The molecule has 5 heteroatoms. The quantitative estimate of drug-likeness (QED) is 0.580. The van der Waals surface area contributed by atoms with Crippen molar-refractivity contribution in [2.75, 3.05) is 0 Å². The molecule has 0 aromatic carbocycles. The largest absolute Gasteiger partial charge is 0.328 e. The van der Waals surface area contributed by atoms with E-state index >= 15 is 0 Å². The SMILES string of the molecule is Cc1ncc2[nH]c(=S)[nH]c2n1. The third-order valence-corrected chi connectivity index (χ3v) is 1.59. The monoisotopic (exact) mass is 166 g/mol. The zero-order valence-electron chi connectivity index (χ0n) is 5.88. The van der Waals surface area contributed by atoms with Crippen LogP contribution >= 0.6 is 12.2 Å². The summed E-state index contributed by atoms with van der Waals surface area (Å²) >= 11 is 4.88. The van der Waals surface area contributed by atoms with Crippen LogP contribution in [0.5, 0.6) is 0 Å². The molecule has 4 nitrogen and oxygen atoms in total. The standard InChI is InChI=1S/C6H6N4S/c1-3-7-2-4-5(8-3)10-6(11)9-4/h2H,1H3,(H2,7,8,9,10,11). The number of imidazole rings is 1. The van der Waals surface area contributed by atoms with Crippen LogP contribution in [0, 0.1) is 11.7 Å². The maximum absolute atomic E-state index is 4.88. The molecule has 0 aliphatic carbocycles. The van der Waals surface area contributed by atoms with E-state index in [4.69, 9.17) is 12.2 Å². The first-order valence-corrected chi connectivity index (χ1v) is 3.58. The molecule has 2 N–H and O–H groups in total. The second kappa shape index (κ2) is 2.13. The predicted octanol–water partition coefficient (Wildman–Crippen LogP) is 1.32. The van der Waals surface area contributed by atoms with E-state index in [1.165, 1.54) is 0 Å². The van der Waals surface area contributed by atoms with Crippen molar-refractivity contribution in [1.82, 2.24) is 19.9 Å². The molecule has 0 aliphatic heterocycles. The number of rotatable bonds is 0. The number of nitrogens with zero attached hydrogens (tertiary/aromatic N) is 2. The highest BCUT2D eigenvalue weighted by Gasteiger charge is 1.96. The summed E-state index contributed by atoms with van der Waals surface area (Å²) in [4.78, 5) is 14.0.